The number of rotatable bonds is 4. The molecule has 0 aliphatic carbocycles. The van der Waals surface area contributed by atoms with Crippen LogP contribution in [0.15, 0.2) is 34.1 Å². The van der Waals surface area contributed by atoms with Crippen molar-refractivity contribution in [2.24, 2.45) is 0 Å². The molecule has 0 atom stereocenters. The van der Waals surface area contributed by atoms with Crippen LogP contribution in [0.3, 0.4) is 0 Å². The second-order valence-corrected chi connectivity index (χ2v) is 12.8. The maximum Gasteiger partial charge on any atom is 0.416 e. The highest BCUT2D eigenvalue weighted by atomic mass is 32.2. The summed E-state index contributed by atoms with van der Waals surface area (Å²) in [7, 11) is 0. The van der Waals surface area contributed by atoms with E-state index >= 15 is 0 Å². The third-order valence-corrected chi connectivity index (χ3v) is 9.02. The molecule has 2 aromatic heterocycles. The summed E-state index contributed by atoms with van der Waals surface area (Å²) >= 11 is 13.8. The number of fused-ring (bicyclic) bond motifs is 2. The molecule has 188 valence electrons. The number of benzene rings is 2. The SMILES string of the molecule is CC(C)n1c(=S)sc2cc(C(F)(F)F)cc(Sc3cc(C(F)(F)F)cc4sc(=S)n(C(C)C)c34)c21. The van der Waals surface area contributed by atoms with E-state index in [-0.39, 0.29) is 21.9 Å². The Morgan fingerprint density at radius 2 is 1.03 bits per heavy atom. The van der Waals surface area contributed by atoms with E-state index in [9.17, 15) is 26.3 Å². The first-order valence-corrected chi connectivity index (χ1v) is 13.6. The Balaban J connectivity index is 2.09. The second-order valence-electron chi connectivity index (χ2n) is 8.40. The average molecular weight is 585 g/mol. The zero-order valence-electron chi connectivity index (χ0n) is 18.7. The smallest absolute Gasteiger partial charge is 0.319 e. The first kappa shape index (κ1) is 26.6. The van der Waals surface area contributed by atoms with Crippen molar-refractivity contribution in [3.05, 3.63) is 43.3 Å². The molecule has 4 rings (SSSR count). The molecule has 35 heavy (non-hydrogen) atoms. The summed E-state index contributed by atoms with van der Waals surface area (Å²) in [6.45, 7) is 7.41. The van der Waals surface area contributed by atoms with Gasteiger partial charge in [0, 0.05) is 21.9 Å². The number of alkyl halides is 6. The van der Waals surface area contributed by atoms with E-state index in [1.165, 1.54) is 0 Å². The van der Waals surface area contributed by atoms with E-state index in [2.05, 4.69) is 0 Å². The first-order valence-electron chi connectivity index (χ1n) is 10.3. The van der Waals surface area contributed by atoms with Crippen LogP contribution in [0.5, 0.6) is 0 Å². The summed E-state index contributed by atoms with van der Waals surface area (Å²) < 4.78 is 87.4. The fraction of sp³-hybridized carbons (Fsp3) is 0.364. The van der Waals surface area contributed by atoms with Crippen LogP contribution in [-0.4, -0.2) is 9.13 Å². The summed E-state index contributed by atoms with van der Waals surface area (Å²) in [5.74, 6) is 0. The third-order valence-electron chi connectivity index (χ3n) is 5.26. The van der Waals surface area contributed by atoms with Gasteiger partial charge in [-0.2, -0.15) is 26.3 Å². The van der Waals surface area contributed by atoms with Gasteiger partial charge in [-0.15, -0.1) is 22.7 Å². The van der Waals surface area contributed by atoms with Gasteiger partial charge in [-0.1, -0.05) is 11.8 Å². The first-order chi connectivity index (χ1) is 16.1. The molecule has 0 unspecified atom stereocenters. The molecule has 0 amide bonds. The summed E-state index contributed by atoms with van der Waals surface area (Å²) in [5, 5.41) is 0. The van der Waals surface area contributed by atoms with Crippen molar-refractivity contribution in [3.8, 4) is 0 Å². The molecule has 0 bridgehead atoms. The predicted molar refractivity (Wildman–Crippen MR) is 136 cm³/mol. The highest BCUT2D eigenvalue weighted by molar-refractivity contribution is 7.99. The van der Waals surface area contributed by atoms with E-state index in [4.69, 9.17) is 24.4 Å². The second kappa shape index (κ2) is 9.16. The molecule has 2 heterocycles. The molecule has 0 saturated carbocycles. The molecule has 0 aliphatic rings. The Hall–Kier alpha value is -1.41. The summed E-state index contributed by atoms with van der Waals surface area (Å²) in [4.78, 5) is 0.368. The van der Waals surface area contributed by atoms with E-state index < -0.39 is 23.5 Å². The molecule has 13 heteroatoms. The van der Waals surface area contributed by atoms with Gasteiger partial charge in [0.2, 0.25) is 0 Å². The molecule has 2 nitrogen and oxygen atoms in total. The summed E-state index contributed by atoms with van der Waals surface area (Å²) in [6, 6.07) is 3.74. The molecular weight excluding hydrogens is 567 g/mol. The lowest BCUT2D eigenvalue weighted by Gasteiger charge is -2.17. The lowest BCUT2D eigenvalue weighted by Crippen LogP contribution is -2.07. The molecule has 0 aliphatic heterocycles. The van der Waals surface area contributed by atoms with Crippen molar-refractivity contribution in [1.82, 2.24) is 9.13 Å². The Kier molecular flexibility index (Phi) is 6.97. The molecule has 0 saturated heterocycles. The predicted octanol–water partition coefficient (Wildman–Crippen LogP) is 10.5. The van der Waals surface area contributed by atoms with Gasteiger partial charge in [0.05, 0.1) is 31.6 Å². The van der Waals surface area contributed by atoms with Crippen LogP contribution >= 0.6 is 58.9 Å². The van der Waals surface area contributed by atoms with Gasteiger partial charge < -0.3 is 9.13 Å². The minimum Gasteiger partial charge on any atom is -0.319 e. The van der Waals surface area contributed by atoms with Gasteiger partial charge in [-0.05, 0) is 76.4 Å². The van der Waals surface area contributed by atoms with E-state index in [0.29, 0.717) is 28.3 Å². The maximum absolute atomic E-state index is 13.7. The summed E-state index contributed by atoms with van der Waals surface area (Å²) in [6.07, 6.45) is -9.26. The third kappa shape index (κ3) is 4.94. The molecule has 0 N–H and O–H groups in total. The van der Waals surface area contributed by atoms with Crippen molar-refractivity contribution in [3.63, 3.8) is 0 Å². The number of hydrogen-bond acceptors (Lipinski definition) is 5. The zero-order valence-corrected chi connectivity index (χ0v) is 22.8. The van der Waals surface area contributed by atoms with Crippen molar-refractivity contribution >= 4 is 79.3 Å². The van der Waals surface area contributed by atoms with Crippen LogP contribution in [-0.2, 0) is 12.4 Å². The van der Waals surface area contributed by atoms with Gasteiger partial charge >= 0.3 is 12.4 Å². The topological polar surface area (TPSA) is 9.86 Å². The van der Waals surface area contributed by atoms with E-state index in [1.807, 2.05) is 27.7 Å². The van der Waals surface area contributed by atoms with Crippen LogP contribution < -0.4 is 0 Å². The fourth-order valence-electron chi connectivity index (χ4n) is 3.80. The van der Waals surface area contributed by atoms with Crippen LogP contribution in [0.1, 0.15) is 50.9 Å². The van der Waals surface area contributed by atoms with E-state index in [0.717, 1.165) is 58.7 Å². The molecule has 0 spiro atoms. The molecule has 4 aromatic rings. The minimum atomic E-state index is -4.63. The Morgan fingerprint density at radius 1 is 0.686 bits per heavy atom. The van der Waals surface area contributed by atoms with Crippen LogP contribution in [0.25, 0.3) is 20.4 Å². The Morgan fingerprint density at radius 3 is 1.31 bits per heavy atom. The number of hydrogen-bond donors (Lipinski definition) is 0. The monoisotopic (exact) mass is 584 g/mol. The van der Waals surface area contributed by atoms with E-state index in [1.54, 1.807) is 9.13 Å². The van der Waals surface area contributed by atoms with Crippen molar-refractivity contribution in [1.29, 1.82) is 0 Å². The largest absolute Gasteiger partial charge is 0.416 e. The van der Waals surface area contributed by atoms with Crippen molar-refractivity contribution < 1.29 is 26.3 Å². The number of thiazole rings is 2. The van der Waals surface area contributed by atoms with Gasteiger partial charge in [-0.25, -0.2) is 0 Å². The van der Waals surface area contributed by atoms with Crippen molar-refractivity contribution in [2.75, 3.05) is 0 Å². The Labute approximate surface area is 219 Å². The minimum absolute atomic E-state index is 0.158. The standard InChI is InChI=1S/C22H18F6N2S5/c1-9(2)29-17-13(5-11(21(23,24)25)7-15(17)34-19(29)31)33-14-6-12(22(26,27)28)8-16-18(14)30(10(3)4)20(32)35-16/h5-10H,1-4H3. The lowest BCUT2D eigenvalue weighted by molar-refractivity contribution is -0.138. The number of aromatic nitrogens is 2. The number of halogens is 6. The molecular formula is C22H18F6N2S5. The van der Waals surface area contributed by atoms with Gasteiger partial charge in [0.15, 0.2) is 7.91 Å². The summed E-state index contributed by atoms with van der Waals surface area (Å²) in [5.41, 5.74) is -0.810. The van der Waals surface area contributed by atoms with Crippen LogP contribution in [0, 0.1) is 7.91 Å². The zero-order chi connectivity index (χ0) is 26.0. The maximum atomic E-state index is 13.7. The molecule has 0 radical (unpaired) electrons. The quantitative estimate of drug-likeness (QED) is 0.175. The highest BCUT2D eigenvalue weighted by Crippen LogP contribution is 2.46. The Bertz CT molecular complexity index is 1430. The molecule has 0 fully saturated rings. The average Bonchev–Trinajstić information content (AvgIpc) is 3.22. The highest BCUT2D eigenvalue weighted by Gasteiger charge is 2.34. The van der Waals surface area contributed by atoms with Gasteiger partial charge in [0.1, 0.15) is 0 Å². The normalized spacial score (nSPS) is 13.1. The molecule has 2 aromatic carbocycles. The van der Waals surface area contributed by atoms with Crippen LogP contribution in [0.2, 0.25) is 0 Å². The lowest BCUT2D eigenvalue weighted by atomic mass is 10.2. The fourth-order valence-corrected chi connectivity index (χ4v) is 8.45. The van der Waals surface area contributed by atoms with Gasteiger partial charge in [0.25, 0.3) is 0 Å². The van der Waals surface area contributed by atoms with Crippen molar-refractivity contribution in [2.45, 2.75) is 61.9 Å². The van der Waals surface area contributed by atoms with Gasteiger partial charge in [-0.3, -0.25) is 0 Å². The van der Waals surface area contributed by atoms with Crippen LogP contribution in [0.4, 0.5) is 26.3 Å². The number of nitrogens with zero attached hydrogens (tertiary/aromatic N) is 2.